The van der Waals surface area contributed by atoms with E-state index in [4.69, 9.17) is 4.74 Å². The first kappa shape index (κ1) is 22.2. The fraction of sp³-hybridized carbons (Fsp3) is 0.391. The SMILES string of the molecule is COc1ccc2ncc(-c3nn(C(F)C(F)F)c4cc(C(=O)N5CCCCCC5)ncc34)n2c1. The van der Waals surface area contributed by atoms with Crippen molar-refractivity contribution in [1.82, 2.24) is 29.0 Å². The quantitative estimate of drug-likeness (QED) is 0.427. The van der Waals surface area contributed by atoms with E-state index < -0.39 is 12.7 Å². The second-order valence-electron chi connectivity index (χ2n) is 8.23. The van der Waals surface area contributed by atoms with Gasteiger partial charge in [-0.25, -0.2) is 22.8 Å². The third-order valence-electron chi connectivity index (χ3n) is 6.10. The van der Waals surface area contributed by atoms with E-state index >= 15 is 0 Å². The van der Waals surface area contributed by atoms with Crippen LogP contribution in [0.1, 0.15) is 42.5 Å². The molecule has 1 amide bonds. The molecule has 0 saturated carbocycles. The summed E-state index contributed by atoms with van der Waals surface area (Å²) < 4.78 is 48.9. The van der Waals surface area contributed by atoms with Crippen molar-refractivity contribution in [3.8, 4) is 17.1 Å². The molecule has 0 spiro atoms. The number of rotatable bonds is 5. The molecule has 1 aliphatic heterocycles. The number of amides is 1. The van der Waals surface area contributed by atoms with E-state index in [0.29, 0.717) is 40.2 Å². The molecule has 1 saturated heterocycles. The van der Waals surface area contributed by atoms with Crippen LogP contribution in [0.2, 0.25) is 0 Å². The fourth-order valence-electron chi connectivity index (χ4n) is 4.33. The van der Waals surface area contributed by atoms with Crippen LogP contribution < -0.4 is 4.74 Å². The van der Waals surface area contributed by atoms with Gasteiger partial charge in [0.1, 0.15) is 22.8 Å². The van der Waals surface area contributed by atoms with Crippen molar-refractivity contribution in [2.45, 2.75) is 38.4 Å². The van der Waals surface area contributed by atoms with Crippen LogP contribution in [-0.4, -0.2) is 61.6 Å². The van der Waals surface area contributed by atoms with Crippen LogP contribution in [0, 0.1) is 0 Å². The number of likely N-dealkylation sites (tertiary alicyclic amines) is 1. The lowest BCUT2D eigenvalue weighted by molar-refractivity contribution is 0.00356. The molecule has 34 heavy (non-hydrogen) atoms. The number of alkyl halides is 3. The number of hydrogen-bond acceptors (Lipinski definition) is 5. The molecule has 0 N–H and O–H groups in total. The summed E-state index contributed by atoms with van der Waals surface area (Å²) in [6.45, 7) is 1.21. The molecule has 1 fully saturated rings. The molecule has 0 radical (unpaired) electrons. The highest BCUT2D eigenvalue weighted by molar-refractivity contribution is 5.99. The third kappa shape index (κ3) is 3.84. The largest absolute Gasteiger partial charge is 0.495 e. The topological polar surface area (TPSA) is 77.6 Å². The van der Waals surface area contributed by atoms with Crippen LogP contribution >= 0.6 is 0 Å². The number of halogens is 3. The predicted molar refractivity (Wildman–Crippen MR) is 119 cm³/mol. The zero-order valence-electron chi connectivity index (χ0n) is 18.5. The van der Waals surface area contributed by atoms with E-state index in [1.54, 1.807) is 27.6 Å². The van der Waals surface area contributed by atoms with E-state index in [9.17, 15) is 18.0 Å². The standard InChI is InChI=1S/C23H23F3N6O2/c1-34-14-6-7-19-28-12-18(31(19)13-14)20-15-11-27-16(23(33)30-8-4-2-3-5-9-30)10-17(15)32(29-20)22(26)21(24)25/h6-7,10-13,21-22H,2-5,8-9H2,1H3. The second-order valence-corrected chi connectivity index (χ2v) is 8.23. The number of imidazole rings is 1. The minimum absolute atomic E-state index is 0.0637. The summed E-state index contributed by atoms with van der Waals surface area (Å²) in [5.74, 6) is 0.250. The highest BCUT2D eigenvalue weighted by atomic mass is 19.3. The maximum Gasteiger partial charge on any atom is 0.289 e. The number of carbonyl (C=O) groups excluding carboxylic acids is 1. The van der Waals surface area contributed by atoms with Gasteiger partial charge in [0.15, 0.2) is 0 Å². The van der Waals surface area contributed by atoms with Crippen LogP contribution in [-0.2, 0) is 0 Å². The molecule has 1 unspecified atom stereocenters. The van der Waals surface area contributed by atoms with Crippen LogP contribution in [0.15, 0.2) is 36.8 Å². The number of aromatic nitrogens is 5. The average Bonchev–Trinajstić information content (AvgIpc) is 3.32. The van der Waals surface area contributed by atoms with Gasteiger partial charge in [0.2, 0.25) is 0 Å². The number of carbonyl (C=O) groups is 1. The van der Waals surface area contributed by atoms with E-state index in [1.807, 2.05) is 0 Å². The van der Waals surface area contributed by atoms with Crippen LogP contribution in [0.5, 0.6) is 5.75 Å². The predicted octanol–water partition coefficient (Wildman–Crippen LogP) is 4.50. The second kappa shape index (κ2) is 8.96. The van der Waals surface area contributed by atoms with Crippen LogP contribution in [0.4, 0.5) is 13.2 Å². The van der Waals surface area contributed by atoms with Gasteiger partial charge in [-0.2, -0.15) is 5.10 Å². The third-order valence-corrected chi connectivity index (χ3v) is 6.10. The summed E-state index contributed by atoms with van der Waals surface area (Å²) in [6, 6.07) is 4.81. The molecule has 11 heteroatoms. The van der Waals surface area contributed by atoms with Gasteiger partial charge in [-0.05, 0) is 31.0 Å². The van der Waals surface area contributed by atoms with Gasteiger partial charge in [-0.15, -0.1) is 0 Å². The summed E-state index contributed by atoms with van der Waals surface area (Å²) in [6.07, 6.45) is 2.49. The molecule has 8 nitrogen and oxygen atoms in total. The van der Waals surface area contributed by atoms with Crippen molar-refractivity contribution < 1.29 is 22.7 Å². The summed E-state index contributed by atoms with van der Waals surface area (Å²) in [7, 11) is 1.52. The molecule has 4 aromatic heterocycles. The number of hydrogen-bond donors (Lipinski definition) is 0. The van der Waals surface area contributed by atoms with Gasteiger partial charge in [0.05, 0.1) is 30.7 Å². The first-order chi connectivity index (χ1) is 16.5. The van der Waals surface area contributed by atoms with Crippen molar-refractivity contribution in [1.29, 1.82) is 0 Å². The molecule has 5 rings (SSSR count). The van der Waals surface area contributed by atoms with Crippen LogP contribution in [0.3, 0.4) is 0 Å². The number of pyridine rings is 2. The molecule has 0 aromatic carbocycles. The number of methoxy groups -OCH3 is 1. The monoisotopic (exact) mass is 472 g/mol. The summed E-state index contributed by atoms with van der Waals surface area (Å²) >= 11 is 0. The Morgan fingerprint density at radius 1 is 1.06 bits per heavy atom. The summed E-state index contributed by atoms with van der Waals surface area (Å²) in [5, 5.41) is 4.52. The molecule has 178 valence electrons. The fourth-order valence-corrected chi connectivity index (χ4v) is 4.33. The van der Waals surface area contributed by atoms with E-state index in [1.165, 1.54) is 25.6 Å². The van der Waals surface area contributed by atoms with Gasteiger partial charge in [-0.1, -0.05) is 12.8 Å². The van der Waals surface area contributed by atoms with Gasteiger partial charge in [0.25, 0.3) is 18.6 Å². The van der Waals surface area contributed by atoms with Gasteiger partial charge in [-0.3, -0.25) is 14.2 Å². The van der Waals surface area contributed by atoms with Crippen molar-refractivity contribution in [2.75, 3.05) is 20.2 Å². The minimum atomic E-state index is -3.30. The van der Waals surface area contributed by atoms with Crippen molar-refractivity contribution in [3.63, 3.8) is 0 Å². The Morgan fingerprint density at radius 3 is 2.53 bits per heavy atom. The zero-order valence-corrected chi connectivity index (χ0v) is 18.5. The molecular weight excluding hydrogens is 449 g/mol. The Labute approximate surface area is 193 Å². The number of nitrogens with zero attached hydrogens (tertiary/aromatic N) is 6. The van der Waals surface area contributed by atoms with Gasteiger partial charge in [0, 0.05) is 24.7 Å². The molecule has 0 aliphatic carbocycles. The Hall–Kier alpha value is -3.63. The first-order valence-electron chi connectivity index (χ1n) is 11.1. The smallest absolute Gasteiger partial charge is 0.289 e. The summed E-state index contributed by atoms with van der Waals surface area (Å²) in [5.41, 5.74) is 1.38. The Kier molecular flexibility index (Phi) is 5.84. The van der Waals surface area contributed by atoms with Crippen LogP contribution in [0.25, 0.3) is 27.9 Å². The number of ether oxygens (including phenoxy) is 1. The molecular formula is C23H23F3N6O2. The zero-order chi connectivity index (χ0) is 23.8. The highest BCUT2D eigenvalue weighted by Gasteiger charge is 2.28. The molecule has 1 aliphatic rings. The van der Waals surface area contributed by atoms with Crippen molar-refractivity contribution >= 4 is 22.5 Å². The van der Waals surface area contributed by atoms with Gasteiger partial charge < -0.3 is 9.64 Å². The van der Waals surface area contributed by atoms with Crippen molar-refractivity contribution in [3.05, 3.63) is 42.5 Å². The Bertz CT molecular complexity index is 1340. The van der Waals surface area contributed by atoms with Crippen molar-refractivity contribution in [2.24, 2.45) is 0 Å². The molecule has 4 aromatic rings. The Balaban J connectivity index is 1.65. The van der Waals surface area contributed by atoms with Gasteiger partial charge >= 0.3 is 0 Å². The molecule has 1 atom stereocenters. The average molecular weight is 472 g/mol. The first-order valence-corrected chi connectivity index (χ1v) is 11.1. The Morgan fingerprint density at radius 2 is 1.82 bits per heavy atom. The lowest BCUT2D eigenvalue weighted by Gasteiger charge is -2.19. The lowest BCUT2D eigenvalue weighted by atomic mass is 10.2. The van der Waals surface area contributed by atoms with E-state index in [-0.39, 0.29) is 22.8 Å². The van der Waals surface area contributed by atoms with E-state index in [2.05, 4.69) is 15.1 Å². The summed E-state index contributed by atoms with van der Waals surface area (Å²) in [4.78, 5) is 23.4. The molecule has 5 heterocycles. The number of fused-ring (bicyclic) bond motifs is 2. The normalized spacial score (nSPS) is 15.7. The molecule has 0 bridgehead atoms. The minimum Gasteiger partial charge on any atom is -0.495 e. The maximum absolute atomic E-state index is 14.6. The van der Waals surface area contributed by atoms with E-state index in [0.717, 1.165) is 25.7 Å². The highest BCUT2D eigenvalue weighted by Crippen LogP contribution is 2.33. The lowest BCUT2D eigenvalue weighted by Crippen LogP contribution is -2.32. The maximum atomic E-state index is 14.6.